The van der Waals surface area contributed by atoms with Crippen molar-refractivity contribution in [2.75, 3.05) is 19.8 Å². The number of rotatable bonds is 7. The van der Waals surface area contributed by atoms with E-state index in [-0.39, 0.29) is 29.3 Å². The van der Waals surface area contributed by atoms with Gasteiger partial charge in [-0.15, -0.1) is 0 Å². The van der Waals surface area contributed by atoms with E-state index in [2.05, 4.69) is 47.6 Å². The zero-order valence-corrected chi connectivity index (χ0v) is 34.2. The molecule has 5 aliphatic carbocycles. The lowest BCUT2D eigenvalue weighted by Gasteiger charge is -2.73. The summed E-state index contributed by atoms with van der Waals surface area (Å²) in [5.41, 5.74) is -1.34. The van der Waals surface area contributed by atoms with E-state index >= 15 is 0 Å². The molecule has 0 aromatic carbocycles. The molecule has 2 aliphatic heterocycles. The summed E-state index contributed by atoms with van der Waals surface area (Å²) in [5.74, 6) is -0.250. The molecule has 10 N–H and O–H groups in total. The van der Waals surface area contributed by atoms with Crippen LogP contribution in [-0.2, 0) is 18.9 Å². The monoisotopic (exact) mass is 798 g/mol. The summed E-state index contributed by atoms with van der Waals surface area (Å²) < 4.78 is 24.9. The van der Waals surface area contributed by atoms with Crippen LogP contribution in [0.25, 0.3) is 0 Å². The van der Waals surface area contributed by atoms with Gasteiger partial charge in [0, 0.05) is 16.7 Å². The Morgan fingerprint density at radius 2 is 1.20 bits per heavy atom. The Morgan fingerprint density at radius 3 is 1.73 bits per heavy atom. The van der Waals surface area contributed by atoms with Gasteiger partial charge in [0.2, 0.25) is 0 Å². The first-order valence-corrected chi connectivity index (χ1v) is 21.0. The highest BCUT2D eigenvalue weighted by molar-refractivity contribution is 5.35. The lowest BCUT2D eigenvalue weighted by atomic mass is 9.33. The predicted octanol–water partition coefficient (Wildman–Crippen LogP) is 0.731. The largest absolute Gasteiger partial charge is 0.396 e. The van der Waals surface area contributed by atoms with Gasteiger partial charge in [0.05, 0.1) is 38.1 Å². The summed E-state index contributed by atoms with van der Waals surface area (Å²) in [6.07, 6.45) is -8.10. The maximum atomic E-state index is 12.6. The van der Waals surface area contributed by atoms with Gasteiger partial charge in [0.15, 0.2) is 12.6 Å². The lowest BCUT2D eigenvalue weighted by molar-refractivity contribution is -0.341. The van der Waals surface area contributed by atoms with Gasteiger partial charge in [-0.2, -0.15) is 0 Å². The van der Waals surface area contributed by atoms with Crippen LogP contribution in [0.1, 0.15) is 99.8 Å². The van der Waals surface area contributed by atoms with E-state index in [1.165, 1.54) is 5.57 Å². The zero-order valence-electron chi connectivity index (χ0n) is 34.2. The van der Waals surface area contributed by atoms with E-state index in [0.29, 0.717) is 25.7 Å². The van der Waals surface area contributed by atoms with Crippen LogP contribution >= 0.6 is 0 Å². The molecule has 7 aliphatic rings. The van der Waals surface area contributed by atoms with Gasteiger partial charge in [0.25, 0.3) is 0 Å². The van der Waals surface area contributed by atoms with Gasteiger partial charge in [-0.05, 0) is 84.9 Å². The van der Waals surface area contributed by atoms with Crippen molar-refractivity contribution in [3.63, 3.8) is 0 Å². The van der Waals surface area contributed by atoms with Crippen LogP contribution < -0.4 is 0 Å². The fraction of sp³-hybridized carbons (Fsp3) is 0.952. The van der Waals surface area contributed by atoms with Crippen molar-refractivity contribution in [1.82, 2.24) is 0 Å². The second-order valence-electron chi connectivity index (χ2n) is 20.9. The van der Waals surface area contributed by atoms with Crippen molar-refractivity contribution in [3.05, 3.63) is 11.6 Å². The molecular formula is C42H70O14. The van der Waals surface area contributed by atoms with Crippen LogP contribution in [0.4, 0.5) is 0 Å². The van der Waals surface area contributed by atoms with E-state index in [4.69, 9.17) is 18.9 Å². The molecule has 0 aromatic heterocycles. The minimum atomic E-state index is -1.61. The highest BCUT2D eigenvalue weighted by Crippen LogP contribution is 2.76. The Hall–Kier alpha value is -0.820. The average molecular weight is 799 g/mol. The van der Waals surface area contributed by atoms with Crippen molar-refractivity contribution in [2.24, 2.45) is 50.2 Å². The number of fused-ring (bicyclic) bond motifs is 7. The first-order chi connectivity index (χ1) is 26.1. The maximum Gasteiger partial charge on any atom is 0.186 e. The van der Waals surface area contributed by atoms with Gasteiger partial charge >= 0.3 is 0 Å². The summed E-state index contributed by atoms with van der Waals surface area (Å²) in [6.45, 7) is 14.1. The molecule has 21 atom stereocenters. The Kier molecular flexibility index (Phi) is 11.3. The van der Waals surface area contributed by atoms with Crippen molar-refractivity contribution in [2.45, 2.75) is 180 Å². The van der Waals surface area contributed by atoms with Crippen molar-refractivity contribution < 1.29 is 70.0 Å². The Morgan fingerprint density at radius 1 is 0.643 bits per heavy atom. The van der Waals surface area contributed by atoms with E-state index in [1.807, 2.05) is 6.92 Å². The molecule has 0 amide bonds. The number of aliphatic hydroxyl groups excluding tert-OH is 10. The van der Waals surface area contributed by atoms with Crippen LogP contribution in [0.3, 0.4) is 0 Å². The van der Waals surface area contributed by atoms with Crippen molar-refractivity contribution >= 4 is 0 Å². The van der Waals surface area contributed by atoms with E-state index in [0.717, 1.165) is 25.7 Å². The molecule has 322 valence electrons. The summed E-state index contributed by atoms with van der Waals surface area (Å²) in [5, 5.41) is 108. The standard InChI is InChI=1S/C42H70O14/c1-37(2)12-13-38(3)21(14-37)20-8-9-25-39(4)11-10-26(55-35-32(51)30(49)28(47)23(17-43)53-35)40(5,19-45)34(39)22(46)15-42(25,7)41(20,6)16-27(38)56-36-33(52)31(50)29(48)24(18-44)54-36/h8,21-36,43-52H,9-19H2,1-7H3. The Bertz CT molecular complexity index is 1470. The molecule has 0 bridgehead atoms. The molecular weight excluding hydrogens is 728 g/mol. The summed E-state index contributed by atoms with van der Waals surface area (Å²) >= 11 is 0. The third-order valence-electron chi connectivity index (χ3n) is 17.4. The molecule has 7 rings (SSSR count). The van der Waals surface area contributed by atoms with E-state index in [9.17, 15) is 51.1 Å². The number of aliphatic hydroxyl groups is 10. The van der Waals surface area contributed by atoms with Crippen LogP contribution in [0.2, 0.25) is 0 Å². The number of hydrogen-bond donors (Lipinski definition) is 10. The van der Waals surface area contributed by atoms with Crippen LogP contribution in [-0.4, -0.2) is 151 Å². The smallest absolute Gasteiger partial charge is 0.186 e. The molecule has 56 heavy (non-hydrogen) atoms. The highest BCUT2D eigenvalue weighted by atomic mass is 16.7. The summed E-state index contributed by atoms with van der Waals surface area (Å²) in [7, 11) is 0. The van der Waals surface area contributed by atoms with Crippen molar-refractivity contribution in [1.29, 1.82) is 0 Å². The number of allylic oxidation sites excluding steroid dienone is 2. The van der Waals surface area contributed by atoms with E-state index < -0.39 is 121 Å². The minimum Gasteiger partial charge on any atom is -0.396 e. The molecule has 14 heteroatoms. The first kappa shape index (κ1) is 43.3. The highest BCUT2D eigenvalue weighted by Gasteiger charge is 2.72. The van der Waals surface area contributed by atoms with Gasteiger partial charge < -0.3 is 70.0 Å². The fourth-order valence-electron chi connectivity index (χ4n) is 13.8. The Labute approximate surface area is 330 Å². The second-order valence-corrected chi connectivity index (χ2v) is 20.9. The minimum absolute atomic E-state index is 0.0557. The SMILES string of the molecule is CC1(C)CCC2(C)C(OC3OC(CO)C(O)C(O)C3O)CC3(C)C(=CCC4C5(C)CCC(OC6OC(CO)C(O)C(O)C6O)C(C)(CO)C5C(O)CC43C)C2C1. The molecule has 0 aromatic rings. The normalized spacial score (nSPS) is 56.9. The van der Waals surface area contributed by atoms with Crippen LogP contribution in [0.5, 0.6) is 0 Å². The average Bonchev–Trinajstić information content (AvgIpc) is 3.14. The molecule has 6 fully saturated rings. The van der Waals surface area contributed by atoms with Gasteiger partial charge in [-0.25, -0.2) is 0 Å². The third-order valence-corrected chi connectivity index (χ3v) is 17.4. The van der Waals surface area contributed by atoms with Gasteiger partial charge in [-0.3, -0.25) is 0 Å². The zero-order chi connectivity index (χ0) is 41.1. The summed E-state index contributed by atoms with van der Waals surface area (Å²) in [6, 6.07) is 0. The first-order valence-electron chi connectivity index (χ1n) is 21.0. The number of hydrogen-bond acceptors (Lipinski definition) is 14. The molecule has 0 spiro atoms. The lowest BCUT2D eigenvalue weighted by Crippen LogP contribution is -2.71. The Balaban J connectivity index is 1.23. The quantitative estimate of drug-likeness (QED) is 0.126. The van der Waals surface area contributed by atoms with Gasteiger partial charge in [0.1, 0.15) is 48.8 Å². The molecule has 2 saturated heterocycles. The number of ether oxygens (including phenoxy) is 4. The molecule has 4 saturated carbocycles. The molecule has 2 heterocycles. The van der Waals surface area contributed by atoms with Crippen LogP contribution in [0.15, 0.2) is 11.6 Å². The van der Waals surface area contributed by atoms with Gasteiger partial charge in [-0.1, -0.05) is 60.1 Å². The van der Waals surface area contributed by atoms with Crippen LogP contribution in [0, 0.1) is 50.2 Å². The fourth-order valence-corrected chi connectivity index (χ4v) is 13.8. The van der Waals surface area contributed by atoms with E-state index in [1.54, 1.807) is 0 Å². The molecule has 0 radical (unpaired) electrons. The molecule has 21 unspecified atom stereocenters. The molecule has 14 nitrogen and oxygen atoms in total. The second kappa shape index (κ2) is 14.7. The third kappa shape index (κ3) is 6.25. The van der Waals surface area contributed by atoms with Crippen molar-refractivity contribution in [3.8, 4) is 0 Å². The maximum absolute atomic E-state index is 12.6. The summed E-state index contributed by atoms with van der Waals surface area (Å²) in [4.78, 5) is 0. The predicted molar refractivity (Wildman–Crippen MR) is 200 cm³/mol. The topological polar surface area (TPSA) is 239 Å².